The van der Waals surface area contributed by atoms with Gasteiger partial charge in [0, 0.05) is 23.2 Å². The van der Waals surface area contributed by atoms with Gasteiger partial charge in [0.25, 0.3) is 0 Å². The van der Waals surface area contributed by atoms with Crippen LogP contribution in [0.3, 0.4) is 0 Å². The molecule has 0 bridgehead atoms. The van der Waals surface area contributed by atoms with Gasteiger partial charge in [-0.15, -0.1) is 10.2 Å². The molecule has 25 heavy (non-hydrogen) atoms. The average molecular weight is 380 g/mol. The molecule has 3 rings (SSSR count). The number of benzene rings is 1. The van der Waals surface area contributed by atoms with Gasteiger partial charge in [0.15, 0.2) is 11.0 Å². The summed E-state index contributed by atoms with van der Waals surface area (Å²) in [6.07, 6.45) is 1.95. The lowest BCUT2D eigenvalue weighted by atomic mass is 10.2. The largest absolute Gasteiger partial charge is 0.335 e. The molecule has 1 aromatic carbocycles. The third-order valence-electron chi connectivity index (χ3n) is 3.63. The number of amides is 3. The van der Waals surface area contributed by atoms with Crippen molar-refractivity contribution in [3.63, 3.8) is 0 Å². The maximum absolute atomic E-state index is 11.9. The van der Waals surface area contributed by atoms with Crippen molar-refractivity contribution < 1.29 is 9.59 Å². The van der Waals surface area contributed by atoms with E-state index in [0.29, 0.717) is 22.5 Å². The van der Waals surface area contributed by atoms with Crippen molar-refractivity contribution in [3.8, 4) is 11.4 Å². The summed E-state index contributed by atoms with van der Waals surface area (Å²) in [4.78, 5) is 23.4. The van der Waals surface area contributed by atoms with E-state index in [-0.39, 0.29) is 17.7 Å². The second-order valence-corrected chi connectivity index (χ2v) is 7.02. The molecule has 0 saturated heterocycles. The molecule has 1 saturated carbocycles. The van der Waals surface area contributed by atoms with E-state index in [1.54, 1.807) is 12.1 Å². The van der Waals surface area contributed by atoms with Gasteiger partial charge in [0.1, 0.15) is 0 Å². The molecule has 1 aromatic heterocycles. The van der Waals surface area contributed by atoms with Crippen LogP contribution >= 0.6 is 23.4 Å². The Hall–Kier alpha value is -2.06. The van der Waals surface area contributed by atoms with E-state index < -0.39 is 6.03 Å². The zero-order valence-electron chi connectivity index (χ0n) is 13.7. The summed E-state index contributed by atoms with van der Waals surface area (Å²) in [7, 11) is 0. The Morgan fingerprint density at radius 3 is 2.64 bits per heavy atom. The van der Waals surface area contributed by atoms with Gasteiger partial charge in [0.05, 0.1) is 5.75 Å². The molecule has 0 radical (unpaired) electrons. The minimum absolute atomic E-state index is 0.0941. The maximum Gasteiger partial charge on any atom is 0.321 e. The highest BCUT2D eigenvalue weighted by Gasteiger charge is 2.24. The van der Waals surface area contributed by atoms with Crippen molar-refractivity contribution in [2.45, 2.75) is 37.5 Å². The lowest BCUT2D eigenvalue weighted by Gasteiger charge is -2.08. The number of nitrogens with one attached hydrogen (secondary N) is 2. The van der Waals surface area contributed by atoms with Gasteiger partial charge >= 0.3 is 6.03 Å². The molecule has 1 heterocycles. The third-order valence-corrected chi connectivity index (χ3v) is 4.85. The van der Waals surface area contributed by atoms with Crippen LogP contribution in [-0.4, -0.2) is 38.5 Å². The molecule has 0 atom stereocenters. The average Bonchev–Trinajstić information content (AvgIpc) is 3.30. The highest BCUT2D eigenvalue weighted by atomic mass is 35.5. The van der Waals surface area contributed by atoms with Crippen molar-refractivity contribution in [1.29, 1.82) is 0 Å². The predicted octanol–water partition coefficient (Wildman–Crippen LogP) is 2.70. The van der Waals surface area contributed by atoms with Crippen LogP contribution in [0.5, 0.6) is 0 Å². The number of nitrogens with zero attached hydrogens (tertiary/aromatic N) is 3. The molecular formula is C16H18ClN5O2S. The summed E-state index contributed by atoms with van der Waals surface area (Å²) in [6, 6.07) is 7.12. The minimum atomic E-state index is -0.438. The first-order valence-corrected chi connectivity index (χ1v) is 9.35. The molecule has 0 aliphatic heterocycles. The number of hydrogen-bond acceptors (Lipinski definition) is 5. The van der Waals surface area contributed by atoms with E-state index in [4.69, 9.17) is 11.6 Å². The summed E-state index contributed by atoms with van der Waals surface area (Å²) in [6.45, 7) is 2.65. The van der Waals surface area contributed by atoms with Crippen LogP contribution in [0.4, 0.5) is 4.79 Å². The van der Waals surface area contributed by atoms with Crippen molar-refractivity contribution in [3.05, 3.63) is 29.3 Å². The van der Waals surface area contributed by atoms with Gasteiger partial charge in [-0.25, -0.2) is 4.79 Å². The Morgan fingerprint density at radius 2 is 2.00 bits per heavy atom. The molecular weight excluding hydrogens is 362 g/mol. The van der Waals surface area contributed by atoms with E-state index >= 15 is 0 Å². The number of carbonyl (C=O) groups excluding carboxylic acids is 2. The van der Waals surface area contributed by atoms with Crippen LogP contribution in [0, 0.1) is 0 Å². The Morgan fingerprint density at radius 1 is 1.28 bits per heavy atom. The van der Waals surface area contributed by atoms with Gasteiger partial charge in [-0.05, 0) is 44.0 Å². The summed E-state index contributed by atoms with van der Waals surface area (Å²) in [5.74, 6) is 0.451. The normalized spacial score (nSPS) is 13.5. The Bertz CT molecular complexity index is 773. The van der Waals surface area contributed by atoms with Gasteiger partial charge in [-0.3, -0.25) is 10.1 Å². The smallest absolute Gasteiger partial charge is 0.321 e. The van der Waals surface area contributed by atoms with Gasteiger partial charge in [-0.2, -0.15) is 0 Å². The zero-order valence-corrected chi connectivity index (χ0v) is 15.2. The fourth-order valence-electron chi connectivity index (χ4n) is 2.24. The van der Waals surface area contributed by atoms with Crippen LogP contribution in [0.15, 0.2) is 29.4 Å². The lowest BCUT2D eigenvalue weighted by Crippen LogP contribution is -2.41. The van der Waals surface area contributed by atoms with E-state index in [0.717, 1.165) is 18.4 Å². The molecule has 0 spiro atoms. The fraction of sp³-hybridized carbons (Fsp3) is 0.375. The summed E-state index contributed by atoms with van der Waals surface area (Å²) in [5, 5.41) is 14.7. The highest BCUT2D eigenvalue weighted by Crippen LogP contribution is 2.25. The first-order valence-electron chi connectivity index (χ1n) is 7.99. The first kappa shape index (κ1) is 17.8. The molecule has 9 heteroatoms. The molecule has 7 nitrogen and oxygen atoms in total. The Kier molecular flexibility index (Phi) is 5.60. The number of halogens is 1. The molecule has 0 unspecified atom stereocenters. The fourth-order valence-corrected chi connectivity index (χ4v) is 3.16. The number of urea groups is 1. The SMILES string of the molecule is CCn1c(SCC(=O)NC(=O)NC2CC2)nnc1-c1ccc(Cl)cc1. The van der Waals surface area contributed by atoms with Crippen LogP contribution < -0.4 is 10.6 Å². The summed E-state index contributed by atoms with van der Waals surface area (Å²) >= 11 is 7.16. The second-order valence-electron chi connectivity index (χ2n) is 5.64. The molecule has 1 aliphatic carbocycles. The van der Waals surface area contributed by atoms with E-state index in [1.807, 2.05) is 23.6 Å². The van der Waals surface area contributed by atoms with E-state index in [9.17, 15) is 9.59 Å². The quantitative estimate of drug-likeness (QED) is 0.753. The van der Waals surface area contributed by atoms with E-state index in [1.165, 1.54) is 11.8 Å². The Balaban J connectivity index is 1.61. The predicted molar refractivity (Wildman–Crippen MR) is 96.6 cm³/mol. The number of aromatic nitrogens is 3. The van der Waals surface area contributed by atoms with Crippen molar-refractivity contribution in [2.75, 3.05) is 5.75 Å². The number of thioether (sulfide) groups is 1. The van der Waals surface area contributed by atoms with Crippen LogP contribution in [0.25, 0.3) is 11.4 Å². The molecule has 2 N–H and O–H groups in total. The van der Waals surface area contributed by atoms with Gasteiger partial charge in [-0.1, -0.05) is 23.4 Å². The molecule has 2 aromatic rings. The van der Waals surface area contributed by atoms with Crippen molar-refractivity contribution >= 4 is 35.3 Å². The molecule has 132 valence electrons. The molecule has 1 aliphatic rings. The molecule has 3 amide bonds. The zero-order chi connectivity index (χ0) is 17.8. The molecule has 1 fully saturated rings. The highest BCUT2D eigenvalue weighted by molar-refractivity contribution is 7.99. The third kappa shape index (κ3) is 4.73. The lowest BCUT2D eigenvalue weighted by molar-refractivity contribution is -0.117. The number of imide groups is 1. The first-order chi connectivity index (χ1) is 12.1. The summed E-state index contributed by atoms with van der Waals surface area (Å²) in [5.41, 5.74) is 0.902. The minimum Gasteiger partial charge on any atom is -0.335 e. The Labute approximate surface area is 154 Å². The van der Waals surface area contributed by atoms with Gasteiger partial charge in [0.2, 0.25) is 5.91 Å². The monoisotopic (exact) mass is 379 g/mol. The van der Waals surface area contributed by atoms with E-state index in [2.05, 4.69) is 20.8 Å². The van der Waals surface area contributed by atoms with Crippen molar-refractivity contribution in [2.24, 2.45) is 0 Å². The van der Waals surface area contributed by atoms with Crippen LogP contribution in [0.2, 0.25) is 5.02 Å². The summed E-state index contributed by atoms with van der Waals surface area (Å²) < 4.78 is 1.92. The van der Waals surface area contributed by atoms with Crippen LogP contribution in [0.1, 0.15) is 19.8 Å². The number of hydrogen-bond donors (Lipinski definition) is 2. The number of carbonyl (C=O) groups is 2. The van der Waals surface area contributed by atoms with Gasteiger partial charge < -0.3 is 9.88 Å². The topological polar surface area (TPSA) is 88.9 Å². The van der Waals surface area contributed by atoms with Crippen LogP contribution in [-0.2, 0) is 11.3 Å². The van der Waals surface area contributed by atoms with Crippen molar-refractivity contribution in [1.82, 2.24) is 25.4 Å². The number of rotatable bonds is 6. The second kappa shape index (κ2) is 7.88. The maximum atomic E-state index is 11.9. The standard InChI is InChI=1S/C16H18ClN5O2S/c1-2-22-14(10-3-5-11(17)6-4-10)20-21-16(22)25-9-13(23)19-15(24)18-12-7-8-12/h3-6,12H,2,7-9H2,1H3,(H2,18,19,23,24).